The van der Waals surface area contributed by atoms with E-state index in [1.807, 2.05) is 12.1 Å². The van der Waals surface area contributed by atoms with Crippen molar-refractivity contribution < 1.29 is 0 Å². The molecule has 2 rings (SSSR count). The molecule has 3 nitrogen and oxygen atoms in total. The molecule has 1 aliphatic rings. The van der Waals surface area contributed by atoms with Crippen molar-refractivity contribution in [1.29, 1.82) is 5.26 Å². The van der Waals surface area contributed by atoms with Crippen LogP contribution in [0.5, 0.6) is 0 Å². The molecule has 1 aliphatic carbocycles. The molecule has 1 fully saturated rings. The molecule has 1 aromatic carbocycles. The van der Waals surface area contributed by atoms with Gasteiger partial charge in [-0.1, -0.05) is 13.3 Å². The average Bonchev–Trinajstić information content (AvgIpc) is 2.73. The zero-order valence-electron chi connectivity index (χ0n) is 10.2. The van der Waals surface area contributed by atoms with Crippen LogP contribution in [0.3, 0.4) is 0 Å². The molecule has 3 N–H and O–H groups in total. The summed E-state index contributed by atoms with van der Waals surface area (Å²) in [5, 5.41) is 12.4. The lowest BCUT2D eigenvalue weighted by Crippen LogP contribution is -2.12. The van der Waals surface area contributed by atoms with Crippen LogP contribution >= 0.6 is 0 Å². The van der Waals surface area contributed by atoms with Crippen LogP contribution < -0.4 is 11.1 Å². The molecule has 0 amide bonds. The van der Waals surface area contributed by atoms with Gasteiger partial charge >= 0.3 is 0 Å². The van der Waals surface area contributed by atoms with Crippen LogP contribution in [0.1, 0.15) is 31.7 Å². The number of nitrogens with zero attached hydrogens (tertiary/aromatic N) is 1. The van der Waals surface area contributed by atoms with Crippen LogP contribution in [0.4, 0.5) is 11.4 Å². The maximum absolute atomic E-state index is 9.03. The third kappa shape index (κ3) is 2.91. The highest BCUT2D eigenvalue weighted by Crippen LogP contribution is 2.30. The van der Waals surface area contributed by atoms with Gasteiger partial charge in [-0.25, -0.2) is 0 Å². The largest absolute Gasteiger partial charge is 0.399 e. The summed E-state index contributed by atoms with van der Waals surface area (Å²) >= 11 is 0. The third-order valence-corrected chi connectivity index (χ3v) is 3.55. The number of anilines is 2. The highest BCUT2D eigenvalue weighted by atomic mass is 14.9. The molecule has 0 aliphatic heterocycles. The van der Waals surface area contributed by atoms with Crippen molar-refractivity contribution >= 4 is 11.4 Å². The maximum Gasteiger partial charge on any atom is 0.101 e. The summed E-state index contributed by atoms with van der Waals surface area (Å²) in [5.41, 5.74) is 7.84. The second-order valence-electron chi connectivity index (χ2n) is 5.08. The molecular formula is C14H19N3. The number of nitrogen functional groups attached to an aromatic ring is 1. The predicted octanol–water partition coefficient (Wildman–Crippen LogP) is 2.99. The van der Waals surface area contributed by atoms with Crippen molar-refractivity contribution in [3.8, 4) is 6.07 Å². The number of hydrogen-bond acceptors (Lipinski definition) is 3. The summed E-state index contributed by atoms with van der Waals surface area (Å²) in [7, 11) is 0. The minimum Gasteiger partial charge on any atom is -0.399 e. The van der Waals surface area contributed by atoms with E-state index in [2.05, 4.69) is 18.3 Å². The Labute approximate surface area is 103 Å². The summed E-state index contributed by atoms with van der Waals surface area (Å²) in [5.74, 6) is 1.60. The third-order valence-electron chi connectivity index (χ3n) is 3.55. The number of benzene rings is 1. The Kier molecular flexibility index (Phi) is 3.53. The molecule has 0 radical (unpaired) electrons. The average molecular weight is 229 g/mol. The molecule has 90 valence electrons. The lowest BCUT2D eigenvalue weighted by atomic mass is 10.1. The van der Waals surface area contributed by atoms with E-state index in [0.29, 0.717) is 11.3 Å². The molecule has 2 atom stereocenters. The van der Waals surface area contributed by atoms with E-state index < -0.39 is 0 Å². The Morgan fingerprint density at radius 3 is 2.94 bits per heavy atom. The molecule has 0 bridgehead atoms. The van der Waals surface area contributed by atoms with Crippen molar-refractivity contribution in [2.75, 3.05) is 17.6 Å². The molecule has 0 aromatic heterocycles. The first kappa shape index (κ1) is 11.8. The molecule has 0 spiro atoms. The van der Waals surface area contributed by atoms with E-state index in [4.69, 9.17) is 11.0 Å². The second-order valence-corrected chi connectivity index (χ2v) is 5.08. The van der Waals surface area contributed by atoms with Gasteiger partial charge in [0.2, 0.25) is 0 Å². The summed E-state index contributed by atoms with van der Waals surface area (Å²) in [6.45, 7) is 3.27. The smallest absolute Gasteiger partial charge is 0.101 e. The Morgan fingerprint density at radius 2 is 2.29 bits per heavy atom. The van der Waals surface area contributed by atoms with Gasteiger partial charge in [0, 0.05) is 12.2 Å². The van der Waals surface area contributed by atoms with Gasteiger partial charge in [0.25, 0.3) is 0 Å². The van der Waals surface area contributed by atoms with Crippen LogP contribution in [-0.2, 0) is 0 Å². The fourth-order valence-corrected chi connectivity index (χ4v) is 2.57. The summed E-state index contributed by atoms with van der Waals surface area (Å²) in [6, 6.07) is 7.63. The highest BCUT2D eigenvalue weighted by molar-refractivity contribution is 5.62. The molecular weight excluding hydrogens is 210 g/mol. The van der Waals surface area contributed by atoms with Gasteiger partial charge in [-0.3, -0.25) is 0 Å². The maximum atomic E-state index is 9.03. The van der Waals surface area contributed by atoms with Gasteiger partial charge in [0.15, 0.2) is 0 Å². The topological polar surface area (TPSA) is 61.8 Å². The van der Waals surface area contributed by atoms with Gasteiger partial charge in [0.1, 0.15) is 6.07 Å². The van der Waals surface area contributed by atoms with Crippen LogP contribution in [0, 0.1) is 23.2 Å². The van der Waals surface area contributed by atoms with Gasteiger partial charge in [-0.15, -0.1) is 0 Å². The summed E-state index contributed by atoms with van der Waals surface area (Å²) in [6.07, 6.45) is 3.92. The normalized spacial score (nSPS) is 23.3. The number of hydrogen-bond donors (Lipinski definition) is 2. The van der Waals surface area contributed by atoms with Crippen LogP contribution in [0.2, 0.25) is 0 Å². The summed E-state index contributed by atoms with van der Waals surface area (Å²) < 4.78 is 0. The number of rotatable bonds is 3. The molecule has 2 unspecified atom stereocenters. The van der Waals surface area contributed by atoms with E-state index in [1.54, 1.807) is 6.07 Å². The first-order valence-corrected chi connectivity index (χ1v) is 6.22. The second kappa shape index (κ2) is 5.09. The summed E-state index contributed by atoms with van der Waals surface area (Å²) in [4.78, 5) is 0. The molecule has 3 heteroatoms. The van der Waals surface area contributed by atoms with Crippen molar-refractivity contribution in [3.63, 3.8) is 0 Å². The predicted molar refractivity (Wildman–Crippen MR) is 70.6 cm³/mol. The van der Waals surface area contributed by atoms with Crippen LogP contribution in [0.25, 0.3) is 0 Å². The van der Waals surface area contributed by atoms with Crippen LogP contribution in [0.15, 0.2) is 18.2 Å². The van der Waals surface area contributed by atoms with E-state index >= 15 is 0 Å². The van der Waals surface area contributed by atoms with E-state index in [-0.39, 0.29) is 0 Å². The highest BCUT2D eigenvalue weighted by Gasteiger charge is 2.21. The van der Waals surface area contributed by atoms with Crippen molar-refractivity contribution in [3.05, 3.63) is 23.8 Å². The Balaban J connectivity index is 1.97. The first-order chi connectivity index (χ1) is 8.19. The monoisotopic (exact) mass is 229 g/mol. The number of nitrogens with one attached hydrogen (secondary N) is 1. The van der Waals surface area contributed by atoms with Crippen molar-refractivity contribution in [2.45, 2.75) is 26.2 Å². The fraction of sp³-hybridized carbons (Fsp3) is 0.500. The zero-order valence-corrected chi connectivity index (χ0v) is 10.2. The molecule has 0 saturated heterocycles. The van der Waals surface area contributed by atoms with Crippen LogP contribution in [-0.4, -0.2) is 6.54 Å². The molecule has 1 aromatic rings. The van der Waals surface area contributed by atoms with Gasteiger partial charge < -0.3 is 11.1 Å². The lowest BCUT2D eigenvalue weighted by molar-refractivity contribution is 0.537. The van der Waals surface area contributed by atoms with Gasteiger partial charge in [-0.05, 0) is 42.9 Å². The Bertz CT molecular complexity index is 434. The Morgan fingerprint density at radius 1 is 1.47 bits per heavy atom. The van der Waals surface area contributed by atoms with Crippen molar-refractivity contribution in [2.24, 2.45) is 11.8 Å². The SMILES string of the molecule is CC1CCC(CNc2ccc(N)cc2C#N)C1. The Hall–Kier alpha value is -1.69. The van der Waals surface area contributed by atoms with E-state index in [0.717, 1.165) is 24.1 Å². The zero-order chi connectivity index (χ0) is 12.3. The lowest BCUT2D eigenvalue weighted by Gasteiger charge is -2.13. The minimum atomic E-state index is 0.635. The standard InChI is InChI=1S/C14H19N3/c1-10-2-3-11(6-10)9-17-14-5-4-13(16)7-12(14)8-15/h4-5,7,10-11,17H,2-3,6,9,16H2,1H3. The first-order valence-electron chi connectivity index (χ1n) is 6.22. The van der Waals surface area contributed by atoms with E-state index in [9.17, 15) is 0 Å². The van der Waals surface area contributed by atoms with E-state index in [1.165, 1.54) is 19.3 Å². The van der Waals surface area contributed by atoms with Gasteiger partial charge in [0.05, 0.1) is 11.3 Å². The fourth-order valence-electron chi connectivity index (χ4n) is 2.57. The number of nitrogens with two attached hydrogens (primary N) is 1. The molecule has 0 heterocycles. The van der Waals surface area contributed by atoms with Crippen molar-refractivity contribution in [1.82, 2.24) is 0 Å². The quantitative estimate of drug-likeness (QED) is 0.783. The minimum absolute atomic E-state index is 0.635. The number of nitriles is 1. The van der Waals surface area contributed by atoms with Gasteiger partial charge in [-0.2, -0.15) is 5.26 Å². The molecule has 17 heavy (non-hydrogen) atoms. The molecule has 1 saturated carbocycles.